The Balaban J connectivity index is 1.51. The number of aryl methyl sites for hydroxylation is 1. The second kappa shape index (κ2) is 7.19. The van der Waals surface area contributed by atoms with E-state index in [4.69, 9.17) is 11.6 Å². The van der Waals surface area contributed by atoms with E-state index in [2.05, 4.69) is 10.9 Å². The van der Waals surface area contributed by atoms with Gasteiger partial charge in [-0.15, -0.1) is 0 Å². The first-order chi connectivity index (χ1) is 11.6. The van der Waals surface area contributed by atoms with Crippen LogP contribution >= 0.6 is 11.6 Å². The van der Waals surface area contributed by atoms with E-state index in [-0.39, 0.29) is 18.2 Å². The van der Waals surface area contributed by atoms with Crippen LogP contribution in [0.4, 0.5) is 0 Å². The van der Waals surface area contributed by atoms with Gasteiger partial charge >= 0.3 is 0 Å². The van der Waals surface area contributed by atoms with Gasteiger partial charge in [-0.2, -0.15) is 0 Å². The van der Waals surface area contributed by atoms with Gasteiger partial charge in [-0.1, -0.05) is 29.8 Å². The molecule has 3 rings (SSSR count). The molecule has 0 saturated carbocycles. The summed E-state index contributed by atoms with van der Waals surface area (Å²) < 4.78 is 2.01. The van der Waals surface area contributed by atoms with Crippen molar-refractivity contribution in [3.8, 4) is 0 Å². The summed E-state index contributed by atoms with van der Waals surface area (Å²) in [7, 11) is 0. The van der Waals surface area contributed by atoms with Gasteiger partial charge in [-0.25, -0.2) is 0 Å². The number of rotatable bonds is 4. The molecule has 0 bridgehead atoms. The van der Waals surface area contributed by atoms with Crippen molar-refractivity contribution < 1.29 is 9.59 Å². The number of benzene rings is 2. The van der Waals surface area contributed by atoms with Crippen LogP contribution in [0.2, 0.25) is 5.02 Å². The van der Waals surface area contributed by atoms with Crippen LogP contribution in [-0.2, 0) is 11.3 Å². The van der Waals surface area contributed by atoms with E-state index >= 15 is 0 Å². The first kappa shape index (κ1) is 16.1. The summed E-state index contributed by atoms with van der Waals surface area (Å²) in [6.07, 6.45) is 2.21. The molecule has 1 heterocycles. The lowest BCUT2D eigenvalue weighted by atomic mass is 10.2. The Kier molecular flexibility index (Phi) is 4.82. The van der Waals surface area contributed by atoms with Crippen molar-refractivity contribution in [1.29, 1.82) is 0 Å². The highest BCUT2D eigenvalue weighted by Crippen LogP contribution is 2.15. The lowest BCUT2D eigenvalue weighted by molar-refractivity contribution is -0.122. The monoisotopic (exact) mass is 341 g/mol. The Labute approximate surface area is 144 Å². The second-order valence-electron chi connectivity index (χ2n) is 5.33. The number of carbonyl (C=O) groups excluding carboxylic acids is 2. The number of carbonyl (C=O) groups is 2. The molecule has 24 heavy (non-hydrogen) atoms. The molecule has 3 aromatic rings. The number of hydrogen-bond donors (Lipinski definition) is 2. The maximum absolute atomic E-state index is 11.9. The summed E-state index contributed by atoms with van der Waals surface area (Å²) in [5.74, 6) is -0.637. The fraction of sp³-hybridized carbons (Fsp3) is 0.111. The van der Waals surface area contributed by atoms with E-state index in [0.29, 0.717) is 17.1 Å². The van der Waals surface area contributed by atoms with Gasteiger partial charge in [0.2, 0.25) is 5.91 Å². The molecule has 0 spiro atoms. The average Bonchev–Trinajstić information content (AvgIpc) is 3.01. The third kappa shape index (κ3) is 3.75. The highest BCUT2D eigenvalue weighted by Gasteiger charge is 2.08. The molecule has 1 aromatic heterocycles. The topological polar surface area (TPSA) is 63.1 Å². The first-order valence-electron chi connectivity index (χ1n) is 7.52. The molecule has 0 unspecified atom stereocenters. The zero-order valence-corrected chi connectivity index (χ0v) is 13.6. The van der Waals surface area contributed by atoms with E-state index in [9.17, 15) is 9.59 Å². The van der Waals surface area contributed by atoms with Crippen molar-refractivity contribution in [1.82, 2.24) is 15.4 Å². The number of fused-ring (bicyclic) bond motifs is 1. The predicted octanol–water partition coefficient (Wildman–Crippen LogP) is 3.15. The Morgan fingerprint density at radius 3 is 2.50 bits per heavy atom. The van der Waals surface area contributed by atoms with Gasteiger partial charge in [0, 0.05) is 35.3 Å². The number of nitrogens with zero attached hydrogens (tertiary/aromatic N) is 1. The number of para-hydroxylation sites is 1. The molecule has 6 heteroatoms. The first-order valence-corrected chi connectivity index (χ1v) is 7.90. The molecule has 0 fully saturated rings. The smallest absolute Gasteiger partial charge is 0.269 e. The minimum atomic E-state index is -0.383. The predicted molar refractivity (Wildman–Crippen MR) is 93.6 cm³/mol. The Morgan fingerprint density at radius 1 is 0.958 bits per heavy atom. The molecule has 122 valence electrons. The molecule has 0 aliphatic rings. The van der Waals surface area contributed by atoms with Crippen LogP contribution in [0.1, 0.15) is 16.8 Å². The van der Waals surface area contributed by atoms with Crippen LogP contribution in [-0.4, -0.2) is 16.4 Å². The molecule has 0 aliphatic carbocycles. The summed E-state index contributed by atoms with van der Waals surface area (Å²) in [5.41, 5.74) is 6.32. The normalized spacial score (nSPS) is 10.5. The van der Waals surface area contributed by atoms with Gasteiger partial charge in [0.15, 0.2) is 0 Å². The van der Waals surface area contributed by atoms with E-state index < -0.39 is 0 Å². The van der Waals surface area contributed by atoms with Crippen LogP contribution < -0.4 is 10.9 Å². The highest BCUT2D eigenvalue weighted by molar-refractivity contribution is 6.30. The molecule has 2 amide bonds. The zero-order valence-electron chi connectivity index (χ0n) is 12.8. The molecule has 2 aromatic carbocycles. The van der Waals surface area contributed by atoms with E-state index in [1.165, 1.54) is 0 Å². The fourth-order valence-electron chi connectivity index (χ4n) is 2.42. The fourth-order valence-corrected chi connectivity index (χ4v) is 2.55. The number of halogens is 1. The van der Waals surface area contributed by atoms with Gasteiger partial charge in [0.1, 0.15) is 0 Å². The standard InChI is InChI=1S/C18H16ClN3O2/c19-15-7-5-14(6-8-15)18(24)21-20-17(23)10-12-22-11-9-13-3-1-2-4-16(13)22/h1-9,11H,10,12H2,(H,20,23)(H,21,24). The summed E-state index contributed by atoms with van der Waals surface area (Å²) >= 11 is 5.77. The number of aromatic nitrogens is 1. The maximum atomic E-state index is 11.9. The quantitative estimate of drug-likeness (QED) is 0.716. The Hall–Kier alpha value is -2.79. The van der Waals surface area contributed by atoms with E-state index in [1.54, 1.807) is 24.3 Å². The zero-order chi connectivity index (χ0) is 16.9. The molecule has 5 nitrogen and oxygen atoms in total. The van der Waals surface area contributed by atoms with Crippen molar-refractivity contribution in [3.05, 3.63) is 71.4 Å². The lowest BCUT2D eigenvalue weighted by Crippen LogP contribution is -2.41. The van der Waals surface area contributed by atoms with Crippen molar-refractivity contribution in [2.24, 2.45) is 0 Å². The average molecular weight is 342 g/mol. The van der Waals surface area contributed by atoms with Gasteiger partial charge in [-0.05, 0) is 41.8 Å². The number of hydrazine groups is 1. The summed E-state index contributed by atoms with van der Waals surface area (Å²) in [5, 5.41) is 1.68. The largest absolute Gasteiger partial charge is 0.347 e. The van der Waals surface area contributed by atoms with Crippen molar-refractivity contribution in [2.75, 3.05) is 0 Å². The minimum absolute atomic E-state index is 0.255. The Morgan fingerprint density at radius 2 is 1.71 bits per heavy atom. The van der Waals surface area contributed by atoms with Crippen molar-refractivity contribution in [2.45, 2.75) is 13.0 Å². The van der Waals surface area contributed by atoms with Crippen LogP contribution in [0.15, 0.2) is 60.8 Å². The molecule has 0 atom stereocenters. The van der Waals surface area contributed by atoms with Crippen LogP contribution in [0.25, 0.3) is 10.9 Å². The Bertz CT molecular complexity index is 871. The molecular formula is C18H16ClN3O2. The van der Waals surface area contributed by atoms with Gasteiger partial charge in [0.05, 0.1) is 0 Å². The second-order valence-corrected chi connectivity index (χ2v) is 5.76. The van der Waals surface area contributed by atoms with Crippen molar-refractivity contribution >= 4 is 34.3 Å². The third-order valence-electron chi connectivity index (χ3n) is 3.68. The molecular weight excluding hydrogens is 326 g/mol. The number of hydrogen-bond acceptors (Lipinski definition) is 2. The SMILES string of the molecule is O=C(CCn1ccc2ccccc21)NNC(=O)c1ccc(Cl)cc1. The van der Waals surface area contributed by atoms with Gasteiger partial charge in [-0.3, -0.25) is 20.4 Å². The maximum Gasteiger partial charge on any atom is 0.269 e. The summed E-state index contributed by atoms with van der Waals surface area (Å²) in [6.45, 7) is 0.538. The molecule has 2 N–H and O–H groups in total. The number of amides is 2. The van der Waals surface area contributed by atoms with Crippen LogP contribution in [0.5, 0.6) is 0 Å². The summed E-state index contributed by atoms with van der Waals surface area (Å²) in [6, 6.07) is 16.4. The van der Waals surface area contributed by atoms with Gasteiger partial charge in [0.25, 0.3) is 5.91 Å². The third-order valence-corrected chi connectivity index (χ3v) is 3.93. The molecule has 0 radical (unpaired) electrons. The minimum Gasteiger partial charge on any atom is -0.347 e. The molecule has 0 saturated heterocycles. The molecule has 0 aliphatic heterocycles. The van der Waals surface area contributed by atoms with Crippen molar-refractivity contribution in [3.63, 3.8) is 0 Å². The lowest BCUT2D eigenvalue weighted by Gasteiger charge is -2.08. The van der Waals surface area contributed by atoms with Gasteiger partial charge < -0.3 is 4.57 Å². The number of nitrogens with one attached hydrogen (secondary N) is 2. The van der Waals surface area contributed by atoms with Crippen LogP contribution in [0, 0.1) is 0 Å². The summed E-state index contributed by atoms with van der Waals surface area (Å²) in [4.78, 5) is 23.8. The highest BCUT2D eigenvalue weighted by atomic mass is 35.5. The van der Waals surface area contributed by atoms with E-state index in [1.807, 2.05) is 41.1 Å². The van der Waals surface area contributed by atoms with Crippen LogP contribution in [0.3, 0.4) is 0 Å². The van der Waals surface area contributed by atoms with E-state index in [0.717, 1.165) is 10.9 Å².